The minimum absolute atomic E-state index is 0.636. The Bertz CT molecular complexity index is 107. The second-order valence-electron chi connectivity index (χ2n) is 0.810. The summed E-state index contributed by atoms with van der Waals surface area (Å²) in [6.45, 7) is 0. The Morgan fingerprint density at radius 3 is 2.57 bits per heavy atom. The first-order valence-electron chi connectivity index (χ1n) is 1.59. The van der Waals surface area contributed by atoms with Gasteiger partial charge in [-0.2, -0.15) is 0 Å². The normalized spacial score (nSPS) is 9.14. The Balaban J connectivity index is 3.46. The van der Waals surface area contributed by atoms with E-state index in [2.05, 4.69) is 10.7 Å². The first-order chi connectivity index (χ1) is 3.27. The molecule has 0 aromatic heterocycles. The number of primary amides is 1. The van der Waals surface area contributed by atoms with E-state index >= 15 is 0 Å². The Morgan fingerprint density at radius 1 is 1.86 bits per heavy atom. The minimum atomic E-state index is -0.636. The molecule has 0 saturated heterocycles. The lowest BCUT2D eigenvalue weighted by Gasteiger charge is -1.70. The smallest absolute Gasteiger partial charge is 0.259 e. The maximum atomic E-state index is 9.73. The number of carbonyl (C=O) groups is 1. The third-order valence-corrected chi connectivity index (χ3v) is 0.276. The lowest BCUT2D eigenvalue weighted by Crippen LogP contribution is -2.11. The molecule has 0 unspecified atom stereocenters. The number of amides is 1. The number of rotatable bonds is 2. The molecule has 0 atom stereocenters. The van der Waals surface area contributed by atoms with Gasteiger partial charge in [-0.25, -0.2) is 4.99 Å². The molecule has 0 radical (unpaired) electrons. The van der Waals surface area contributed by atoms with Crippen molar-refractivity contribution in [2.45, 2.75) is 0 Å². The summed E-state index contributed by atoms with van der Waals surface area (Å²) in [5, 5.41) is 6.27. The number of nitrogens with two attached hydrogens (primary N) is 1. The van der Waals surface area contributed by atoms with Gasteiger partial charge >= 0.3 is 0 Å². The fraction of sp³-hybridized carbons (Fsp3) is 0. The highest BCUT2D eigenvalue weighted by Gasteiger charge is 1.76. The van der Waals surface area contributed by atoms with Crippen LogP contribution in [0, 0.1) is 5.41 Å². The highest BCUT2D eigenvalue weighted by molar-refractivity contribution is 6.26. The van der Waals surface area contributed by atoms with Gasteiger partial charge in [0.05, 0.1) is 6.21 Å². The second-order valence-corrected chi connectivity index (χ2v) is 0.810. The van der Waals surface area contributed by atoms with Gasteiger partial charge in [0.2, 0.25) is 0 Å². The van der Waals surface area contributed by atoms with Crippen LogP contribution in [0.5, 0.6) is 0 Å². The van der Waals surface area contributed by atoms with Crippen molar-refractivity contribution in [3.05, 3.63) is 0 Å². The van der Waals surface area contributed by atoms with Gasteiger partial charge in [0, 0.05) is 0 Å². The molecule has 0 aliphatic heterocycles. The fourth-order valence-corrected chi connectivity index (χ4v) is 0.111. The van der Waals surface area contributed by atoms with Gasteiger partial charge < -0.3 is 5.73 Å². The standard InChI is InChI=1S/C3H5N3O/c4-2-6-1-3(5)7/h1-2,4H,(H2,5,7)/b4-2?,6-1+. The van der Waals surface area contributed by atoms with Gasteiger partial charge in [0.1, 0.15) is 6.34 Å². The Labute approximate surface area is 40.6 Å². The molecule has 0 heterocycles. The summed E-state index contributed by atoms with van der Waals surface area (Å²) in [7, 11) is 0. The Hall–Kier alpha value is -1.19. The Morgan fingerprint density at radius 2 is 2.43 bits per heavy atom. The van der Waals surface area contributed by atoms with E-state index in [9.17, 15) is 4.79 Å². The maximum Gasteiger partial charge on any atom is 0.259 e. The Kier molecular flexibility index (Phi) is 2.50. The molecule has 0 aromatic rings. The molecular formula is C3H5N3O. The van der Waals surface area contributed by atoms with E-state index in [0.29, 0.717) is 0 Å². The third kappa shape index (κ3) is 4.81. The minimum Gasteiger partial charge on any atom is -0.365 e. The van der Waals surface area contributed by atoms with Crippen molar-refractivity contribution < 1.29 is 4.79 Å². The van der Waals surface area contributed by atoms with Gasteiger partial charge in [-0.15, -0.1) is 0 Å². The predicted molar refractivity (Wildman–Crippen MR) is 26.5 cm³/mol. The monoisotopic (exact) mass is 99.0 g/mol. The molecule has 0 aliphatic rings. The maximum absolute atomic E-state index is 9.73. The highest BCUT2D eigenvalue weighted by atomic mass is 16.1. The van der Waals surface area contributed by atoms with Gasteiger partial charge in [-0.3, -0.25) is 10.2 Å². The zero-order valence-electron chi connectivity index (χ0n) is 3.59. The number of nitrogens with zero attached hydrogens (tertiary/aromatic N) is 1. The summed E-state index contributed by atoms with van der Waals surface area (Å²) >= 11 is 0. The van der Waals surface area contributed by atoms with Crippen LogP contribution in [-0.2, 0) is 4.79 Å². The fourth-order valence-electron chi connectivity index (χ4n) is 0.111. The number of hydrogen-bond donors (Lipinski definition) is 2. The van der Waals surface area contributed by atoms with E-state index in [1.165, 1.54) is 0 Å². The molecule has 38 valence electrons. The molecule has 1 amide bonds. The summed E-state index contributed by atoms with van der Waals surface area (Å²) in [4.78, 5) is 12.8. The van der Waals surface area contributed by atoms with Crippen LogP contribution in [0.15, 0.2) is 4.99 Å². The van der Waals surface area contributed by atoms with Crippen molar-refractivity contribution in [2.75, 3.05) is 0 Å². The van der Waals surface area contributed by atoms with Crippen LogP contribution in [0.4, 0.5) is 0 Å². The van der Waals surface area contributed by atoms with Gasteiger partial charge in [-0.05, 0) is 0 Å². The summed E-state index contributed by atoms with van der Waals surface area (Å²) in [6, 6.07) is 0. The van der Waals surface area contributed by atoms with Crippen LogP contribution in [0.1, 0.15) is 0 Å². The van der Waals surface area contributed by atoms with Crippen LogP contribution in [-0.4, -0.2) is 18.5 Å². The first-order valence-corrected chi connectivity index (χ1v) is 1.59. The second kappa shape index (κ2) is 3.02. The van der Waals surface area contributed by atoms with E-state index in [0.717, 1.165) is 12.6 Å². The van der Waals surface area contributed by atoms with E-state index in [1.54, 1.807) is 0 Å². The van der Waals surface area contributed by atoms with Crippen LogP contribution in [0.3, 0.4) is 0 Å². The molecule has 4 heteroatoms. The van der Waals surface area contributed by atoms with Gasteiger partial charge in [0.15, 0.2) is 0 Å². The number of hydrogen-bond acceptors (Lipinski definition) is 2. The largest absolute Gasteiger partial charge is 0.365 e. The van der Waals surface area contributed by atoms with E-state index in [4.69, 9.17) is 5.41 Å². The molecule has 7 heavy (non-hydrogen) atoms. The van der Waals surface area contributed by atoms with Gasteiger partial charge in [-0.1, -0.05) is 0 Å². The molecule has 0 aliphatic carbocycles. The summed E-state index contributed by atoms with van der Waals surface area (Å²) in [6.07, 6.45) is 1.61. The molecule has 0 fully saturated rings. The molecule has 0 bridgehead atoms. The van der Waals surface area contributed by atoms with Crippen LogP contribution in [0.25, 0.3) is 0 Å². The van der Waals surface area contributed by atoms with Crippen LogP contribution in [0.2, 0.25) is 0 Å². The first kappa shape index (κ1) is 5.81. The van der Waals surface area contributed by atoms with Crippen LogP contribution < -0.4 is 5.73 Å². The third-order valence-electron chi connectivity index (χ3n) is 0.276. The quantitative estimate of drug-likeness (QED) is 0.343. The predicted octanol–water partition coefficient (Wildman–Crippen LogP) is -0.850. The van der Waals surface area contributed by atoms with Crippen molar-refractivity contribution in [2.24, 2.45) is 10.7 Å². The van der Waals surface area contributed by atoms with E-state index < -0.39 is 5.91 Å². The molecule has 4 nitrogen and oxygen atoms in total. The lowest BCUT2D eigenvalue weighted by atomic mass is 10.7. The van der Waals surface area contributed by atoms with E-state index in [1.807, 2.05) is 0 Å². The van der Waals surface area contributed by atoms with Crippen LogP contribution >= 0.6 is 0 Å². The average Bonchev–Trinajstić information content (AvgIpc) is 1.61. The van der Waals surface area contributed by atoms with Crippen molar-refractivity contribution in [3.8, 4) is 0 Å². The summed E-state index contributed by atoms with van der Waals surface area (Å²) in [5.74, 6) is -0.636. The van der Waals surface area contributed by atoms with Crippen molar-refractivity contribution in [1.82, 2.24) is 0 Å². The molecule has 0 spiro atoms. The average molecular weight is 99.1 g/mol. The van der Waals surface area contributed by atoms with Crippen molar-refractivity contribution in [3.63, 3.8) is 0 Å². The summed E-state index contributed by atoms with van der Waals surface area (Å²) < 4.78 is 0. The number of aliphatic imine (C=N–C) groups is 1. The van der Waals surface area contributed by atoms with E-state index in [-0.39, 0.29) is 0 Å². The van der Waals surface area contributed by atoms with Gasteiger partial charge in [0.25, 0.3) is 5.91 Å². The molecule has 0 rings (SSSR count). The molecular weight excluding hydrogens is 94.1 g/mol. The zero-order chi connectivity index (χ0) is 5.70. The number of nitrogens with one attached hydrogen (secondary N) is 1. The number of carbonyl (C=O) groups excluding carboxylic acids is 1. The lowest BCUT2D eigenvalue weighted by molar-refractivity contribution is -0.111. The zero-order valence-corrected chi connectivity index (χ0v) is 3.59. The van der Waals surface area contributed by atoms with Crippen molar-refractivity contribution >= 4 is 18.5 Å². The molecule has 3 N–H and O–H groups in total. The topological polar surface area (TPSA) is 79.3 Å². The molecule has 0 aromatic carbocycles. The summed E-state index contributed by atoms with van der Waals surface area (Å²) in [5.41, 5.74) is 4.59. The SMILES string of the molecule is N=C/N=C/C(N)=O. The molecule has 0 saturated carbocycles. The highest BCUT2D eigenvalue weighted by Crippen LogP contribution is 1.49. The van der Waals surface area contributed by atoms with Crippen molar-refractivity contribution in [1.29, 1.82) is 5.41 Å².